The molecule has 0 spiro atoms. The van der Waals surface area contributed by atoms with Crippen LogP contribution in [-0.4, -0.2) is 20.4 Å². The number of carbonyl (C=O) groups is 1. The van der Waals surface area contributed by atoms with E-state index < -0.39 is 16.8 Å². The van der Waals surface area contributed by atoms with Crippen molar-refractivity contribution in [3.8, 4) is 5.75 Å². The fourth-order valence-corrected chi connectivity index (χ4v) is 3.20. The monoisotopic (exact) mass is 374 g/mol. The lowest BCUT2D eigenvalue weighted by atomic mass is 10.2. The Morgan fingerprint density at radius 1 is 0.840 bits per heavy atom. The summed E-state index contributed by atoms with van der Waals surface area (Å²) in [5, 5.41) is 17.9. The molecular formula is C19H15ClO4S. The lowest BCUT2D eigenvalue weighted by Crippen LogP contribution is -1.93. The van der Waals surface area contributed by atoms with Gasteiger partial charge < -0.3 is 10.2 Å². The van der Waals surface area contributed by atoms with Crippen LogP contribution in [0.3, 0.4) is 0 Å². The summed E-state index contributed by atoms with van der Waals surface area (Å²) in [6.45, 7) is 0. The Morgan fingerprint density at radius 3 is 1.88 bits per heavy atom. The average molecular weight is 375 g/mol. The molecule has 25 heavy (non-hydrogen) atoms. The molecule has 2 N–H and O–H groups in total. The van der Waals surface area contributed by atoms with E-state index in [1.54, 1.807) is 48.5 Å². The molecule has 6 heteroatoms. The molecule has 0 saturated heterocycles. The number of hydrogen-bond donors (Lipinski definition) is 2. The van der Waals surface area contributed by atoms with Crippen molar-refractivity contribution in [1.29, 1.82) is 0 Å². The number of hydrogen-bond acceptors (Lipinski definition) is 3. The minimum atomic E-state index is -1.26. The normalized spacial score (nSPS) is 11.1. The quantitative estimate of drug-likeness (QED) is 0.702. The molecule has 0 bridgehead atoms. The van der Waals surface area contributed by atoms with Gasteiger partial charge in [0.05, 0.1) is 21.4 Å². The number of halogens is 1. The number of phenolic OH excluding ortho intramolecular Hbond substituents is 1. The third-order valence-electron chi connectivity index (χ3n) is 3.11. The number of rotatable bonds is 3. The fourth-order valence-electron chi connectivity index (χ4n) is 1.86. The van der Waals surface area contributed by atoms with E-state index in [0.717, 1.165) is 0 Å². The van der Waals surface area contributed by atoms with E-state index in [4.69, 9.17) is 16.7 Å². The maximum Gasteiger partial charge on any atom is 0.335 e. The van der Waals surface area contributed by atoms with Crippen LogP contribution in [0.25, 0.3) is 0 Å². The largest absolute Gasteiger partial charge is 0.506 e. The highest BCUT2D eigenvalue weighted by Gasteiger charge is 2.08. The number of carboxylic acid groups (broad SMARTS) is 1. The zero-order valence-corrected chi connectivity index (χ0v) is 14.6. The number of benzene rings is 3. The summed E-state index contributed by atoms with van der Waals surface area (Å²) in [6, 6.07) is 22.0. The average Bonchev–Trinajstić information content (AvgIpc) is 2.65. The summed E-state index contributed by atoms with van der Waals surface area (Å²) in [6.07, 6.45) is 0. The summed E-state index contributed by atoms with van der Waals surface area (Å²) in [4.78, 5) is 11.5. The van der Waals surface area contributed by atoms with Gasteiger partial charge in [0.2, 0.25) is 0 Å². The SMILES string of the molecule is O=C(O)c1ccccc1.O=S(c1ccccc1)c1ccc(O)c(Cl)c1. The van der Waals surface area contributed by atoms with E-state index >= 15 is 0 Å². The molecule has 128 valence electrons. The predicted molar refractivity (Wildman–Crippen MR) is 97.6 cm³/mol. The van der Waals surface area contributed by atoms with Crippen molar-refractivity contribution in [2.75, 3.05) is 0 Å². The molecule has 0 heterocycles. The van der Waals surface area contributed by atoms with Crippen molar-refractivity contribution < 1.29 is 19.2 Å². The van der Waals surface area contributed by atoms with Gasteiger partial charge in [0.25, 0.3) is 0 Å². The summed E-state index contributed by atoms with van der Waals surface area (Å²) in [5.74, 6) is -0.883. The van der Waals surface area contributed by atoms with Gasteiger partial charge in [0.15, 0.2) is 0 Å². The molecule has 1 atom stereocenters. The van der Waals surface area contributed by atoms with Crippen molar-refractivity contribution in [2.24, 2.45) is 0 Å². The molecule has 3 aromatic rings. The van der Waals surface area contributed by atoms with E-state index in [9.17, 15) is 14.1 Å². The molecule has 0 aromatic heterocycles. The Bertz CT molecular complexity index is 867. The van der Waals surface area contributed by atoms with E-state index in [1.807, 2.05) is 18.2 Å². The first-order valence-electron chi connectivity index (χ1n) is 7.22. The molecule has 0 radical (unpaired) electrons. The summed E-state index contributed by atoms with van der Waals surface area (Å²) >= 11 is 5.76. The van der Waals surface area contributed by atoms with Crippen LogP contribution in [0.2, 0.25) is 5.02 Å². The van der Waals surface area contributed by atoms with E-state index in [2.05, 4.69) is 0 Å². The van der Waals surface area contributed by atoms with Crippen LogP contribution in [0.4, 0.5) is 0 Å². The highest BCUT2D eigenvalue weighted by Crippen LogP contribution is 2.27. The maximum atomic E-state index is 12.1. The molecule has 0 amide bonds. The van der Waals surface area contributed by atoms with Crippen LogP contribution in [0.5, 0.6) is 5.75 Å². The third kappa shape index (κ3) is 5.45. The Morgan fingerprint density at radius 2 is 1.40 bits per heavy atom. The van der Waals surface area contributed by atoms with Crippen molar-refractivity contribution in [2.45, 2.75) is 9.79 Å². The summed E-state index contributed by atoms with van der Waals surface area (Å²) < 4.78 is 12.1. The minimum Gasteiger partial charge on any atom is -0.506 e. The van der Waals surface area contributed by atoms with Gasteiger partial charge in [-0.1, -0.05) is 48.0 Å². The molecule has 0 aliphatic rings. The van der Waals surface area contributed by atoms with Crippen LogP contribution >= 0.6 is 11.6 Å². The van der Waals surface area contributed by atoms with Gasteiger partial charge >= 0.3 is 5.97 Å². The highest BCUT2D eigenvalue weighted by molar-refractivity contribution is 7.85. The molecule has 0 fully saturated rings. The van der Waals surface area contributed by atoms with Gasteiger partial charge in [-0.2, -0.15) is 0 Å². The zero-order chi connectivity index (χ0) is 18.2. The van der Waals surface area contributed by atoms with Crippen LogP contribution in [0.1, 0.15) is 10.4 Å². The summed E-state index contributed by atoms with van der Waals surface area (Å²) in [7, 11) is -1.26. The first-order valence-corrected chi connectivity index (χ1v) is 8.75. The van der Waals surface area contributed by atoms with Gasteiger partial charge in [0, 0.05) is 9.79 Å². The van der Waals surface area contributed by atoms with Crippen molar-refractivity contribution in [3.63, 3.8) is 0 Å². The van der Waals surface area contributed by atoms with Crippen LogP contribution in [-0.2, 0) is 10.8 Å². The second kappa shape index (κ2) is 9.01. The molecule has 4 nitrogen and oxygen atoms in total. The minimum absolute atomic E-state index is 0.00419. The van der Waals surface area contributed by atoms with E-state index in [1.165, 1.54) is 12.1 Å². The van der Waals surface area contributed by atoms with Gasteiger partial charge in [-0.05, 0) is 42.5 Å². The third-order valence-corrected chi connectivity index (χ3v) is 4.80. The number of phenols is 1. The highest BCUT2D eigenvalue weighted by atomic mass is 35.5. The van der Waals surface area contributed by atoms with Crippen LogP contribution in [0, 0.1) is 0 Å². The fraction of sp³-hybridized carbons (Fsp3) is 0. The van der Waals surface area contributed by atoms with Gasteiger partial charge in [-0.3, -0.25) is 0 Å². The Labute approximate surface area is 152 Å². The lowest BCUT2D eigenvalue weighted by molar-refractivity contribution is 0.0697. The van der Waals surface area contributed by atoms with Gasteiger partial charge in [-0.25, -0.2) is 9.00 Å². The van der Waals surface area contributed by atoms with Crippen LogP contribution < -0.4 is 0 Å². The van der Waals surface area contributed by atoms with Crippen LogP contribution in [0.15, 0.2) is 88.7 Å². The molecule has 0 saturated carbocycles. The number of aromatic hydroxyl groups is 1. The molecular weight excluding hydrogens is 360 g/mol. The smallest absolute Gasteiger partial charge is 0.335 e. The standard InChI is InChI=1S/C12H9ClO2S.C7H6O2/c13-11-8-10(6-7-12(11)14)16(15)9-4-2-1-3-5-9;8-7(9)6-4-2-1-3-5-6/h1-8,14H;1-5H,(H,8,9). The van der Waals surface area contributed by atoms with Gasteiger partial charge in [0.1, 0.15) is 5.75 Å². The summed E-state index contributed by atoms with van der Waals surface area (Å²) in [5.41, 5.74) is 0.331. The lowest BCUT2D eigenvalue weighted by Gasteiger charge is -2.03. The van der Waals surface area contributed by atoms with Crippen molar-refractivity contribution >= 4 is 28.4 Å². The predicted octanol–water partition coefficient (Wildman–Crippen LogP) is 4.60. The molecule has 0 aliphatic carbocycles. The molecule has 0 aliphatic heterocycles. The maximum absolute atomic E-state index is 12.1. The molecule has 1 unspecified atom stereocenters. The Hall–Kier alpha value is -2.63. The number of aromatic carboxylic acids is 1. The Balaban J connectivity index is 0.000000212. The van der Waals surface area contributed by atoms with E-state index in [0.29, 0.717) is 15.4 Å². The van der Waals surface area contributed by atoms with Gasteiger partial charge in [-0.15, -0.1) is 0 Å². The number of carboxylic acids is 1. The van der Waals surface area contributed by atoms with Crippen molar-refractivity contribution in [1.82, 2.24) is 0 Å². The molecule has 3 aromatic carbocycles. The second-order valence-corrected chi connectivity index (χ2v) is 6.75. The molecule has 3 rings (SSSR count). The Kier molecular flexibility index (Phi) is 6.74. The zero-order valence-electron chi connectivity index (χ0n) is 13.0. The second-order valence-electron chi connectivity index (χ2n) is 4.87. The topological polar surface area (TPSA) is 74.6 Å². The van der Waals surface area contributed by atoms with E-state index in [-0.39, 0.29) is 10.8 Å². The van der Waals surface area contributed by atoms with Crippen molar-refractivity contribution in [3.05, 3.63) is 89.4 Å². The first kappa shape index (κ1) is 18.7. The first-order chi connectivity index (χ1) is 12.0.